The number of aromatic nitrogens is 2. The molecular formula is C23H36N4O2. The fourth-order valence-electron chi connectivity index (χ4n) is 5.44. The van der Waals surface area contributed by atoms with Gasteiger partial charge in [-0.05, 0) is 65.7 Å². The molecule has 2 fully saturated rings. The molecule has 0 radical (unpaired) electrons. The molecule has 6 nitrogen and oxygen atoms in total. The molecule has 3 aliphatic rings. The van der Waals surface area contributed by atoms with E-state index in [2.05, 4.69) is 35.9 Å². The Morgan fingerprint density at radius 3 is 2.52 bits per heavy atom. The molecule has 6 heteroatoms. The third kappa shape index (κ3) is 4.08. The van der Waals surface area contributed by atoms with Crippen LogP contribution >= 0.6 is 0 Å². The van der Waals surface area contributed by atoms with Crippen LogP contribution in [0.4, 0.5) is 0 Å². The second-order valence-electron chi connectivity index (χ2n) is 10.1. The van der Waals surface area contributed by atoms with Crippen LogP contribution in [0.25, 0.3) is 0 Å². The van der Waals surface area contributed by atoms with Crippen LogP contribution in [-0.2, 0) is 21.5 Å². The molecule has 0 spiro atoms. The zero-order valence-electron chi connectivity index (χ0n) is 18.2. The first-order valence-corrected chi connectivity index (χ1v) is 11.5. The summed E-state index contributed by atoms with van der Waals surface area (Å²) in [5, 5.41) is 7.91. The number of rotatable bonds is 3. The lowest BCUT2D eigenvalue weighted by Crippen LogP contribution is -2.49. The highest BCUT2D eigenvalue weighted by Crippen LogP contribution is 2.33. The van der Waals surface area contributed by atoms with E-state index in [-0.39, 0.29) is 35.4 Å². The van der Waals surface area contributed by atoms with Crippen molar-refractivity contribution in [3.8, 4) is 0 Å². The summed E-state index contributed by atoms with van der Waals surface area (Å²) in [5.41, 5.74) is 2.34. The van der Waals surface area contributed by atoms with Gasteiger partial charge in [0.1, 0.15) is 6.04 Å². The molecule has 1 aliphatic heterocycles. The van der Waals surface area contributed by atoms with Gasteiger partial charge in [0.15, 0.2) is 0 Å². The topological polar surface area (TPSA) is 67.2 Å². The molecule has 0 aromatic carbocycles. The zero-order chi connectivity index (χ0) is 20.6. The van der Waals surface area contributed by atoms with Gasteiger partial charge in [0.25, 0.3) is 0 Å². The number of likely N-dealkylation sites (tertiary alicyclic amines) is 1. The van der Waals surface area contributed by atoms with E-state index in [9.17, 15) is 9.59 Å². The molecule has 1 N–H and O–H groups in total. The van der Waals surface area contributed by atoms with Crippen LogP contribution in [-0.4, -0.2) is 39.1 Å². The maximum atomic E-state index is 13.2. The standard InChI is InChI=1S/C23H36N4O2/c1-23(2,3)27-19-12-7-11-18(17(19)15-24-27)25-21(28)20-13-8-14-26(20)22(29)16-9-5-4-6-10-16/h15-16,18,20H,4-14H2,1-3H3,(H,25,28)/t18-,20-/m0/s1. The summed E-state index contributed by atoms with van der Waals surface area (Å²) in [5.74, 6) is 0.365. The van der Waals surface area contributed by atoms with Crippen LogP contribution in [0.2, 0.25) is 0 Å². The summed E-state index contributed by atoms with van der Waals surface area (Å²) < 4.78 is 2.11. The predicted octanol–water partition coefficient (Wildman–Crippen LogP) is 3.70. The van der Waals surface area contributed by atoms with E-state index in [4.69, 9.17) is 0 Å². The third-order valence-electron chi connectivity index (χ3n) is 6.93. The van der Waals surface area contributed by atoms with Gasteiger partial charge >= 0.3 is 0 Å². The Balaban J connectivity index is 1.46. The maximum absolute atomic E-state index is 13.2. The summed E-state index contributed by atoms with van der Waals surface area (Å²) in [7, 11) is 0. The van der Waals surface area contributed by atoms with Gasteiger partial charge in [0.05, 0.1) is 17.8 Å². The summed E-state index contributed by atoms with van der Waals surface area (Å²) in [6.45, 7) is 7.21. The van der Waals surface area contributed by atoms with Gasteiger partial charge in [-0.25, -0.2) is 0 Å². The minimum atomic E-state index is -0.299. The van der Waals surface area contributed by atoms with E-state index >= 15 is 0 Å². The molecule has 0 unspecified atom stereocenters. The second-order valence-corrected chi connectivity index (χ2v) is 10.1. The third-order valence-corrected chi connectivity index (χ3v) is 6.93. The zero-order valence-corrected chi connectivity index (χ0v) is 18.2. The fraction of sp³-hybridized carbons (Fsp3) is 0.783. The van der Waals surface area contributed by atoms with Crippen molar-refractivity contribution in [2.24, 2.45) is 5.92 Å². The average Bonchev–Trinajstić information content (AvgIpc) is 3.35. The van der Waals surface area contributed by atoms with Crippen molar-refractivity contribution in [1.82, 2.24) is 20.0 Å². The van der Waals surface area contributed by atoms with Gasteiger partial charge in [0, 0.05) is 23.7 Å². The van der Waals surface area contributed by atoms with Crippen molar-refractivity contribution < 1.29 is 9.59 Å². The molecule has 29 heavy (non-hydrogen) atoms. The lowest BCUT2D eigenvalue weighted by atomic mass is 9.88. The van der Waals surface area contributed by atoms with Crippen LogP contribution in [0.5, 0.6) is 0 Å². The van der Waals surface area contributed by atoms with Gasteiger partial charge < -0.3 is 10.2 Å². The Morgan fingerprint density at radius 2 is 1.79 bits per heavy atom. The summed E-state index contributed by atoms with van der Waals surface area (Å²) in [6, 6.07) is -0.290. The molecule has 2 atom stereocenters. The van der Waals surface area contributed by atoms with Crippen molar-refractivity contribution in [3.05, 3.63) is 17.5 Å². The van der Waals surface area contributed by atoms with Crippen LogP contribution < -0.4 is 5.32 Å². The molecule has 1 saturated heterocycles. The van der Waals surface area contributed by atoms with Gasteiger partial charge in [-0.15, -0.1) is 0 Å². The van der Waals surface area contributed by atoms with Gasteiger partial charge in [0.2, 0.25) is 11.8 Å². The molecule has 2 aliphatic carbocycles. The molecule has 0 bridgehead atoms. The first-order chi connectivity index (χ1) is 13.9. The van der Waals surface area contributed by atoms with Crippen molar-refractivity contribution in [3.63, 3.8) is 0 Å². The normalized spacial score (nSPS) is 25.7. The molecule has 2 heterocycles. The lowest BCUT2D eigenvalue weighted by Gasteiger charge is -2.32. The van der Waals surface area contributed by atoms with E-state index < -0.39 is 0 Å². The summed E-state index contributed by atoms with van der Waals surface area (Å²) in [4.78, 5) is 28.1. The number of nitrogens with zero attached hydrogens (tertiary/aromatic N) is 3. The van der Waals surface area contributed by atoms with E-state index in [0.717, 1.165) is 69.9 Å². The minimum absolute atomic E-state index is 0.00887. The van der Waals surface area contributed by atoms with E-state index in [1.807, 2.05) is 11.1 Å². The highest BCUT2D eigenvalue weighted by molar-refractivity contribution is 5.89. The van der Waals surface area contributed by atoms with Gasteiger partial charge in [-0.2, -0.15) is 5.10 Å². The van der Waals surface area contributed by atoms with Crippen LogP contribution in [0.1, 0.15) is 95.9 Å². The second kappa shape index (κ2) is 8.11. The molecule has 1 aromatic heterocycles. The monoisotopic (exact) mass is 400 g/mol. The van der Waals surface area contributed by atoms with Crippen molar-refractivity contribution in [2.45, 2.75) is 103 Å². The molecule has 4 rings (SSSR count). The predicted molar refractivity (Wildman–Crippen MR) is 112 cm³/mol. The quantitative estimate of drug-likeness (QED) is 0.841. The molecule has 1 saturated carbocycles. The number of carbonyl (C=O) groups excluding carboxylic acids is 2. The largest absolute Gasteiger partial charge is 0.347 e. The van der Waals surface area contributed by atoms with Crippen LogP contribution in [0.15, 0.2) is 6.20 Å². The Labute approximate surface area is 174 Å². The number of nitrogens with one attached hydrogen (secondary N) is 1. The smallest absolute Gasteiger partial charge is 0.243 e. The molecule has 1 aromatic rings. The average molecular weight is 401 g/mol. The molecule has 160 valence electrons. The fourth-order valence-corrected chi connectivity index (χ4v) is 5.44. The molecular weight excluding hydrogens is 364 g/mol. The van der Waals surface area contributed by atoms with Crippen molar-refractivity contribution in [1.29, 1.82) is 0 Å². The number of amides is 2. The minimum Gasteiger partial charge on any atom is -0.347 e. The van der Waals surface area contributed by atoms with Gasteiger partial charge in [-0.3, -0.25) is 14.3 Å². The lowest BCUT2D eigenvalue weighted by molar-refractivity contribution is -0.142. The number of hydrogen-bond donors (Lipinski definition) is 1. The Hall–Kier alpha value is -1.85. The highest BCUT2D eigenvalue weighted by Gasteiger charge is 2.38. The van der Waals surface area contributed by atoms with E-state index in [1.54, 1.807) is 0 Å². The number of hydrogen-bond acceptors (Lipinski definition) is 3. The van der Waals surface area contributed by atoms with Crippen LogP contribution in [0, 0.1) is 5.92 Å². The van der Waals surface area contributed by atoms with Crippen molar-refractivity contribution >= 4 is 11.8 Å². The van der Waals surface area contributed by atoms with Gasteiger partial charge in [-0.1, -0.05) is 19.3 Å². The summed E-state index contributed by atoms with van der Waals surface area (Å²) >= 11 is 0. The Kier molecular flexibility index (Phi) is 5.71. The SMILES string of the molecule is CC(C)(C)n1ncc2c1CCC[C@@H]2NC(=O)[C@@H]1CCCN1C(=O)C1CCCCC1. The highest BCUT2D eigenvalue weighted by atomic mass is 16.2. The Morgan fingerprint density at radius 1 is 1.03 bits per heavy atom. The number of carbonyl (C=O) groups is 2. The van der Waals surface area contributed by atoms with Crippen LogP contribution in [0.3, 0.4) is 0 Å². The molecule has 2 amide bonds. The van der Waals surface area contributed by atoms with E-state index in [1.165, 1.54) is 12.1 Å². The first kappa shape index (κ1) is 20.4. The first-order valence-electron chi connectivity index (χ1n) is 11.5. The summed E-state index contributed by atoms with van der Waals surface area (Å²) in [6.07, 6.45) is 12.1. The number of fused-ring (bicyclic) bond motifs is 1. The van der Waals surface area contributed by atoms with Crippen molar-refractivity contribution in [2.75, 3.05) is 6.54 Å². The maximum Gasteiger partial charge on any atom is 0.243 e. The van der Waals surface area contributed by atoms with E-state index in [0.29, 0.717) is 0 Å². The Bertz CT molecular complexity index is 757.